The molecule has 4 bridgehead atoms. The number of hydrogen-bond acceptors (Lipinski definition) is 9. The van der Waals surface area contributed by atoms with E-state index >= 15 is 0 Å². The lowest BCUT2D eigenvalue weighted by atomic mass is 9.39. The molecule has 0 saturated heterocycles. The highest BCUT2D eigenvalue weighted by molar-refractivity contribution is 7.22. The molecule has 3 aromatic heterocycles. The molecule has 4 aliphatic carbocycles. The number of anilines is 2. The number of aromatic nitrogens is 4. The normalized spacial score (nSPS) is 26.2. The summed E-state index contributed by atoms with van der Waals surface area (Å²) in [5.74, 6) is -0.491. The maximum absolute atomic E-state index is 14.0. The number of esters is 1. The van der Waals surface area contributed by atoms with Crippen molar-refractivity contribution in [3.05, 3.63) is 77.7 Å². The Morgan fingerprint density at radius 3 is 2.50 bits per heavy atom. The predicted molar refractivity (Wildman–Crippen MR) is 227 cm³/mol. The second kappa shape index (κ2) is 14.0. The standard InChI is InChI=1S/C46H54N6O5S/c1-29-36(32-12-9-17-47-38(32)39(54)57-42(2,3)4)37(50-52(29)28-45-23-43(5)22-44(6,24-45)26-46(25-43,27-45)56-20-19-53)31-16-15-30-11-10-18-51(34(30)21-31)41(55)49-40-48-33-13-7-8-14-35(33)58-40/h7-9,12-17,21,53H,10-11,18-20,22-28H2,1-6H3,(H,48,49,55). The highest BCUT2D eigenvalue weighted by Gasteiger charge is 2.66. The highest BCUT2D eigenvalue weighted by Crippen LogP contribution is 2.72. The molecule has 0 spiro atoms. The Morgan fingerprint density at radius 2 is 1.76 bits per heavy atom. The molecular weight excluding hydrogens is 749 g/mol. The van der Waals surface area contributed by atoms with Crippen LogP contribution in [0.2, 0.25) is 0 Å². The van der Waals surface area contributed by atoms with Gasteiger partial charge in [0.1, 0.15) is 11.3 Å². The first-order valence-electron chi connectivity index (χ1n) is 20.7. The number of amides is 2. The van der Waals surface area contributed by atoms with Crippen LogP contribution >= 0.6 is 11.3 Å². The molecule has 5 aliphatic rings. The van der Waals surface area contributed by atoms with Crippen LogP contribution in [0, 0.1) is 23.2 Å². The number of para-hydroxylation sites is 1. The van der Waals surface area contributed by atoms with Crippen molar-refractivity contribution >= 4 is 44.4 Å². The smallest absolute Gasteiger partial charge is 0.358 e. The number of aryl methyl sites for hydroxylation is 1. The first-order chi connectivity index (χ1) is 27.6. The second-order valence-electron chi connectivity index (χ2n) is 19.3. The number of pyridine rings is 1. The van der Waals surface area contributed by atoms with Gasteiger partial charge in [-0.15, -0.1) is 0 Å². The Hall–Kier alpha value is -4.65. The Balaban J connectivity index is 1.14. The summed E-state index contributed by atoms with van der Waals surface area (Å²) in [5.41, 5.74) is 6.24. The van der Waals surface area contributed by atoms with Gasteiger partial charge >= 0.3 is 12.0 Å². The molecule has 2 amide bonds. The van der Waals surface area contributed by atoms with E-state index in [1.165, 1.54) is 17.8 Å². The van der Waals surface area contributed by atoms with Gasteiger partial charge in [0, 0.05) is 47.4 Å². The summed E-state index contributed by atoms with van der Waals surface area (Å²) in [4.78, 5) is 38.9. The number of hydrogen-bond donors (Lipinski definition) is 2. The minimum absolute atomic E-state index is 0.0140. The molecule has 10 rings (SSSR count). The maximum Gasteiger partial charge on any atom is 0.358 e. The lowest BCUT2D eigenvalue weighted by molar-refractivity contribution is -0.250. The summed E-state index contributed by atoms with van der Waals surface area (Å²) in [5, 5.41) is 18.9. The zero-order chi connectivity index (χ0) is 40.7. The largest absolute Gasteiger partial charge is 0.455 e. The summed E-state index contributed by atoms with van der Waals surface area (Å²) >= 11 is 1.46. The van der Waals surface area contributed by atoms with Crippen LogP contribution < -0.4 is 10.2 Å². The number of carbonyl (C=O) groups is 2. The number of urea groups is 1. The van der Waals surface area contributed by atoms with Crippen LogP contribution in [0.4, 0.5) is 15.6 Å². The third-order valence-corrected chi connectivity index (χ3v) is 13.7. The topological polar surface area (TPSA) is 132 Å². The van der Waals surface area contributed by atoms with Crippen molar-refractivity contribution in [1.82, 2.24) is 19.7 Å². The van der Waals surface area contributed by atoms with E-state index in [-0.39, 0.29) is 40.2 Å². The van der Waals surface area contributed by atoms with Crippen molar-refractivity contribution in [3.63, 3.8) is 0 Å². The molecule has 4 saturated carbocycles. The Morgan fingerprint density at radius 1 is 0.983 bits per heavy atom. The summed E-state index contributed by atoms with van der Waals surface area (Å²) in [6, 6.07) is 17.7. The van der Waals surface area contributed by atoms with Crippen LogP contribution in [-0.4, -0.2) is 67.8 Å². The quantitative estimate of drug-likeness (QED) is 0.141. The van der Waals surface area contributed by atoms with Gasteiger partial charge in [0.15, 0.2) is 10.8 Å². The third kappa shape index (κ3) is 7.11. The first-order valence-corrected chi connectivity index (χ1v) is 21.5. The van der Waals surface area contributed by atoms with Crippen LogP contribution in [-0.2, 0) is 22.4 Å². The molecule has 2 atom stereocenters. The van der Waals surface area contributed by atoms with Crippen LogP contribution in [0.25, 0.3) is 32.6 Å². The molecule has 12 heteroatoms. The van der Waals surface area contributed by atoms with E-state index in [0.29, 0.717) is 30.4 Å². The lowest BCUT2D eigenvalue weighted by Crippen LogP contribution is -2.64. The number of benzene rings is 2. The number of nitrogens with one attached hydrogen (secondary N) is 1. The summed E-state index contributed by atoms with van der Waals surface area (Å²) in [6.45, 7) is 14.2. The average Bonchev–Trinajstić information content (AvgIpc) is 3.70. The number of fused-ring (bicyclic) bond motifs is 2. The Labute approximate surface area is 344 Å². The molecular formula is C46H54N6O5S. The third-order valence-electron chi connectivity index (χ3n) is 12.7. The van der Waals surface area contributed by atoms with Gasteiger partial charge in [-0.1, -0.05) is 55.5 Å². The van der Waals surface area contributed by atoms with Crippen LogP contribution in [0.3, 0.4) is 0 Å². The van der Waals surface area contributed by atoms with Gasteiger partial charge in [0.25, 0.3) is 0 Å². The minimum atomic E-state index is -0.708. The number of rotatable bonds is 9. The average molecular weight is 803 g/mol. The van der Waals surface area contributed by atoms with E-state index in [1.807, 2.05) is 62.1 Å². The molecule has 4 heterocycles. The predicted octanol–water partition coefficient (Wildman–Crippen LogP) is 9.60. The number of aliphatic hydroxyl groups is 1. The first kappa shape index (κ1) is 38.8. The fraction of sp³-hybridized carbons (Fsp3) is 0.500. The summed E-state index contributed by atoms with van der Waals surface area (Å²) in [6.07, 6.45) is 9.61. The molecule has 4 fully saturated rings. The number of nitrogens with zero attached hydrogens (tertiary/aromatic N) is 5. The monoisotopic (exact) mass is 802 g/mol. The van der Waals surface area contributed by atoms with Gasteiger partial charge < -0.3 is 14.6 Å². The van der Waals surface area contributed by atoms with Crippen molar-refractivity contribution in [2.24, 2.45) is 16.2 Å². The summed E-state index contributed by atoms with van der Waals surface area (Å²) in [7, 11) is 0. The van der Waals surface area contributed by atoms with Crippen molar-refractivity contribution < 1.29 is 24.2 Å². The van der Waals surface area contributed by atoms with E-state index in [4.69, 9.17) is 14.6 Å². The van der Waals surface area contributed by atoms with E-state index in [0.717, 1.165) is 88.9 Å². The van der Waals surface area contributed by atoms with Gasteiger partial charge in [0.05, 0.1) is 29.0 Å². The van der Waals surface area contributed by atoms with Crippen molar-refractivity contribution in [2.45, 2.75) is 111 Å². The van der Waals surface area contributed by atoms with E-state index in [1.54, 1.807) is 6.20 Å². The number of carbonyl (C=O) groups excluding carboxylic acids is 2. The number of aliphatic hydroxyl groups excluding tert-OH is 1. The molecule has 58 heavy (non-hydrogen) atoms. The van der Waals surface area contributed by atoms with Crippen molar-refractivity contribution in [3.8, 4) is 22.4 Å². The SMILES string of the molecule is Cc1c(-c2cccnc2C(=O)OC(C)(C)C)c(-c2ccc3c(c2)N(C(=O)Nc2nc4ccccc4s2)CCC3)nn1CC12CC3(C)CC(C)(C1)CC(OCCO)(C3)C2. The zero-order valence-corrected chi connectivity index (χ0v) is 35.3. The Bertz CT molecular complexity index is 2380. The highest BCUT2D eigenvalue weighted by atomic mass is 32.1. The van der Waals surface area contributed by atoms with Crippen molar-refractivity contribution in [1.29, 1.82) is 0 Å². The molecule has 2 N–H and O–H groups in total. The van der Waals surface area contributed by atoms with Gasteiger partial charge in [-0.2, -0.15) is 5.10 Å². The number of ether oxygens (including phenoxy) is 2. The fourth-order valence-electron chi connectivity index (χ4n) is 12.1. The summed E-state index contributed by atoms with van der Waals surface area (Å²) < 4.78 is 15.7. The molecule has 0 radical (unpaired) electrons. The van der Waals surface area contributed by atoms with E-state index < -0.39 is 11.6 Å². The fourth-order valence-corrected chi connectivity index (χ4v) is 12.9. The van der Waals surface area contributed by atoms with Crippen LogP contribution in [0.5, 0.6) is 0 Å². The molecule has 5 aromatic rings. The number of thiazole rings is 1. The zero-order valence-electron chi connectivity index (χ0n) is 34.5. The van der Waals surface area contributed by atoms with Gasteiger partial charge in [-0.05, 0) is 125 Å². The van der Waals surface area contributed by atoms with E-state index in [9.17, 15) is 14.7 Å². The lowest BCUT2D eigenvalue weighted by Gasteiger charge is -2.69. The van der Waals surface area contributed by atoms with Crippen LogP contribution in [0.1, 0.15) is 101 Å². The minimum Gasteiger partial charge on any atom is -0.455 e. The van der Waals surface area contributed by atoms with Gasteiger partial charge in [-0.25, -0.2) is 19.6 Å². The second-order valence-corrected chi connectivity index (χ2v) is 20.4. The molecule has 304 valence electrons. The molecule has 1 aliphatic heterocycles. The molecule has 2 unspecified atom stereocenters. The van der Waals surface area contributed by atoms with Crippen molar-refractivity contribution in [2.75, 3.05) is 30.0 Å². The van der Waals surface area contributed by atoms with Crippen LogP contribution in [0.15, 0.2) is 60.8 Å². The van der Waals surface area contributed by atoms with E-state index in [2.05, 4.69) is 58.9 Å². The molecule has 11 nitrogen and oxygen atoms in total. The van der Waals surface area contributed by atoms with Gasteiger partial charge in [-0.3, -0.25) is 14.9 Å². The Kier molecular flexibility index (Phi) is 9.37. The maximum atomic E-state index is 14.0. The molecule has 2 aromatic carbocycles. The van der Waals surface area contributed by atoms with Gasteiger partial charge in [0.2, 0.25) is 0 Å².